The first-order chi connectivity index (χ1) is 36.0. The van der Waals surface area contributed by atoms with Crippen molar-refractivity contribution in [2.45, 2.75) is 124 Å². The summed E-state index contributed by atoms with van der Waals surface area (Å²) in [4.78, 5) is 27.4. The summed E-state index contributed by atoms with van der Waals surface area (Å²) in [6.45, 7) is -1.12. The largest absolute Gasteiger partial charge is 0.508 e. The van der Waals surface area contributed by atoms with E-state index in [4.69, 9.17) is 47.0 Å². The Bertz CT molecular complexity index is 2780. The fourth-order valence-electron chi connectivity index (χ4n) is 8.58. The molecule has 5 heterocycles. The number of phenols is 6. The molecule has 4 aliphatic rings. The summed E-state index contributed by atoms with van der Waals surface area (Å²) < 4.78 is 57.1. The Balaban J connectivity index is 1.15. The van der Waals surface area contributed by atoms with Gasteiger partial charge in [0.15, 0.2) is 47.4 Å². The number of carbonyl (C=O) groups excluding carboxylic acids is 1. The van der Waals surface area contributed by atoms with Crippen LogP contribution in [0.1, 0.15) is 12.5 Å². The molecular weight excluding hydrogens is 1030 g/mol. The van der Waals surface area contributed by atoms with Crippen LogP contribution in [0, 0.1) is 0 Å². The minimum atomic E-state index is -2.23. The first kappa shape index (κ1) is 56.0. The van der Waals surface area contributed by atoms with Crippen molar-refractivity contribution < 1.29 is 139 Å². The molecule has 3 aromatic carbocycles. The maximum atomic E-state index is 14.5. The van der Waals surface area contributed by atoms with Crippen molar-refractivity contribution in [2.75, 3.05) is 19.8 Å². The molecule has 7 unspecified atom stereocenters. The number of aromatic hydroxyl groups is 6. The highest BCUT2D eigenvalue weighted by Crippen LogP contribution is 2.45. The van der Waals surface area contributed by atoms with Gasteiger partial charge in [0.2, 0.25) is 29.5 Å². The van der Waals surface area contributed by atoms with E-state index in [1.54, 1.807) is 0 Å². The summed E-state index contributed by atoms with van der Waals surface area (Å²) in [6.07, 6.45) is -34.8. The summed E-state index contributed by atoms with van der Waals surface area (Å²) in [6, 6.07) is 6.92. The zero-order chi connectivity index (χ0) is 55.2. The normalized spacial score (nSPS) is 35.0. The number of hydrogen-bond donors (Lipinski definition) is 17. The van der Waals surface area contributed by atoms with Crippen molar-refractivity contribution in [3.05, 3.63) is 64.3 Å². The number of aliphatic hydroxyl groups is 11. The van der Waals surface area contributed by atoms with E-state index < -0.39 is 216 Å². The predicted octanol–water partition coefficient (Wildman–Crippen LogP) is -4.37. The Morgan fingerprint density at radius 3 is 1.92 bits per heavy atom. The minimum absolute atomic E-state index is 0.236. The van der Waals surface area contributed by atoms with Crippen molar-refractivity contribution in [1.82, 2.24) is 0 Å². The Morgan fingerprint density at radius 1 is 0.618 bits per heavy atom. The van der Waals surface area contributed by atoms with Crippen molar-refractivity contribution >= 4 is 23.0 Å². The van der Waals surface area contributed by atoms with Crippen LogP contribution in [0.25, 0.3) is 28.4 Å². The van der Waals surface area contributed by atoms with E-state index >= 15 is 0 Å². The molecule has 4 fully saturated rings. The molecule has 1 aromatic heterocycles. The number of fused-ring (bicyclic) bond motifs is 1. The van der Waals surface area contributed by atoms with Crippen molar-refractivity contribution in [3.63, 3.8) is 0 Å². The van der Waals surface area contributed by atoms with E-state index in [0.29, 0.717) is 0 Å². The third-order valence-corrected chi connectivity index (χ3v) is 12.8. The lowest BCUT2D eigenvalue weighted by Gasteiger charge is -2.48. The van der Waals surface area contributed by atoms with Crippen molar-refractivity contribution in [3.8, 4) is 57.3 Å². The molecule has 29 nitrogen and oxygen atoms in total. The first-order valence-electron chi connectivity index (χ1n) is 23.1. The van der Waals surface area contributed by atoms with Crippen LogP contribution in [0.5, 0.6) is 46.0 Å². The standard InChI is InChI=1S/C47H54O29/c1-14-29(57)35(63)42(76-47-43(75-45-38(66)34(62)31(59)25(11-48)71-45)36(64)32(60)26(72-47)13-67-27(56)5-3-15-2-4-18(50)19(51)6-15)46(69-14)74-41-33(61)28-20(52)9-17(49)10-24(28)70-39(41)16-7-21(53)40(22(54)8-16)73-44-37(65)30(58)23(55)12-68-44/h2-10,14,23,25-26,29-32,34-38,42-55,57-60,62-66H,11-13H2,1H3/b5-3+/t14?,23-,25?,26?,29+,30-,31-,32-,34-,35+,36-,37?,38?,42?,43?,44+,45+,46+,47+/m1/s1. The summed E-state index contributed by atoms with van der Waals surface area (Å²) in [5.74, 6) is -7.82. The third kappa shape index (κ3) is 11.3. The zero-order valence-corrected chi connectivity index (χ0v) is 39.3. The van der Waals surface area contributed by atoms with Crippen LogP contribution in [-0.2, 0) is 38.0 Å². The number of carbonyl (C=O) groups is 1. The number of hydrogen-bond acceptors (Lipinski definition) is 29. The summed E-state index contributed by atoms with van der Waals surface area (Å²) in [7, 11) is 0. The average Bonchev–Trinajstić information content (AvgIpc) is 3.41. The van der Waals surface area contributed by atoms with E-state index in [1.807, 2.05) is 0 Å². The second-order valence-electron chi connectivity index (χ2n) is 18.1. The van der Waals surface area contributed by atoms with Crippen LogP contribution < -0.4 is 14.9 Å². The van der Waals surface area contributed by atoms with Gasteiger partial charge in [-0.05, 0) is 42.8 Å². The molecule has 4 aromatic rings. The molecule has 8 rings (SSSR count). The van der Waals surface area contributed by atoms with Crippen LogP contribution in [0.15, 0.2) is 57.8 Å². The predicted molar refractivity (Wildman–Crippen MR) is 244 cm³/mol. The van der Waals surface area contributed by atoms with Crippen LogP contribution in [0.4, 0.5) is 0 Å². The van der Waals surface area contributed by atoms with Gasteiger partial charge in [-0.25, -0.2) is 4.79 Å². The monoisotopic (exact) mass is 1080 g/mol. The van der Waals surface area contributed by atoms with Gasteiger partial charge < -0.3 is 134 Å². The lowest BCUT2D eigenvalue weighted by atomic mass is 9.96. The highest BCUT2D eigenvalue weighted by atomic mass is 16.8. The quantitative estimate of drug-likeness (QED) is 0.0322. The molecule has 416 valence electrons. The number of aliphatic hydroxyl groups excluding tert-OH is 11. The third-order valence-electron chi connectivity index (χ3n) is 12.8. The van der Waals surface area contributed by atoms with Gasteiger partial charge in [0.1, 0.15) is 108 Å². The topological polar surface area (TPSA) is 474 Å². The molecule has 29 heteroatoms. The lowest BCUT2D eigenvalue weighted by molar-refractivity contribution is -0.388. The molecule has 19 atom stereocenters. The minimum Gasteiger partial charge on any atom is -0.508 e. The fourth-order valence-corrected chi connectivity index (χ4v) is 8.58. The first-order valence-corrected chi connectivity index (χ1v) is 23.1. The van der Waals surface area contributed by atoms with Gasteiger partial charge in [0.25, 0.3) is 0 Å². The Labute approximate surface area is 426 Å². The molecule has 0 radical (unpaired) electrons. The molecule has 76 heavy (non-hydrogen) atoms. The number of esters is 1. The highest BCUT2D eigenvalue weighted by Gasteiger charge is 2.55. The second-order valence-corrected chi connectivity index (χ2v) is 18.1. The molecular formula is C47H54O29. The van der Waals surface area contributed by atoms with Gasteiger partial charge in [0, 0.05) is 23.8 Å². The fraction of sp³-hybridized carbons (Fsp3) is 0.489. The maximum absolute atomic E-state index is 14.5. The summed E-state index contributed by atoms with van der Waals surface area (Å²) in [5.41, 5.74) is -1.98. The smallest absolute Gasteiger partial charge is 0.330 e. The Morgan fingerprint density at radius 2 is 1.24 bits per heavy atom. The summed E-state index contributed by atoms with van der Waals surface area (Å²) >= 11 is 0. The molecule has 17 N–H and O–H groups in total. The van der Waals surface area contributed by atoms with E-state index in [1.165, 1.54) is 19.1 Å². The van der Waals surface area contributed by atoms with Gasteiger partial charge in [-0.2, -0.15) is 0 Å². The Hall–Kier alpha value is -6.20. The van der Waals surface area contributed by atoms with Gasteiger partial charge in [-0.3, -0.25) is 4.79 Å². The second kappa shape index (κ2) is 22.8. The van der Waals surface area contributed by atoms with Crippen LogP contribution in [-0.4, -0.2) is 229 Å². The molecule has 0 spiro atoms. The van der Waals surface area contributed by atoms with E-state index in [0.717, 1.165) is 42.5 Å². The molecule has 4 aliphatic heterocycles. The molecule has 0 saturated carbocycles. The van der Waals surface area contributed by atoms with Gasteiger partial charge in [-0.1, -0.05) is 6.07 Å². The molecule has 4 saturated heterocycles. The van der Waals surface area contributed by atoms with Crippen molar-refractivity contribution in [1.29, 1.82) is 0 Å². The van der Waals surface area contributed by atoms with Gasteiger partial charge in [0.05, 0.1) is 19.3 Å². The number of phenolic OH excluding ortho intramolecular Hbond substituents is 6. The molecule has 0 bridgehead atoms. The van der Waals surface area contributed by atoms with Gasteiger partial charge in [-0.15, -0.1) is 0 Å². The van der Waals surface area contributed by atoms with Crippen LogP contribution >= 0.6 is 0 Å². The Kier molecular flexibility index (Phi) is 16.8. The maximum Gasteiger partial charge on any atom is 0.330 e. The van der Waals surface area contributed by atoms with E-state index in [9.17, 15) is 96.4 Å². The number of benzene rings is 3. The molecule has 0 aliphatic carbocycles. The average molecular weight is 1080 g/mol. The zero-order valence-electron chi connectivity index (χ0n) is 39.3. The lowest BCUT2D eigenvalue weighted by Crippen LogP contribution is -2.67. The SMILES string of the molecule is CC1O[C@@H](Oc2c(-c3cc(O)c(O[C@@H]4OC[C@@H](O)[C@@H](O)C4O)c(O)c3)oc3cc(O)cc(O)c3c2=O)C(O[C@@H]2OC(COC(=O)/C=C/c3ccc(O)c(O)c3)[C@@H](O)[C@@H](O)C2O[C@@H]2OC(CO)[C@@H](O)[C@@H](O)C2O)[C@@H](O)[C@H]1O. The summed E-state index contributed by atoms with van der Waals surface area (Å²) in [5, 5.41) is 180. The van der Waals surface area contributed by atoms with E-state index in [2.05, 4.69) is 0 Å². The van der Waals surface area contributed by atoms with Gasteiger partial charge >= 0.3 is 5.97 Å². The molecule has 0 amide bonds. The van der Waals surface area contributed by atoms with E-state index in [-0.39, 0.29) is 5.56 Å². The van der Waals surface area contributed by atoms with Crippen LogP contribution in [0.2, 0.25) is 0 Å². The number of rotatable bonds is 14. The highest BCUT2D eigenvalue weighted by molar-refractivity contribution is 5.89. The van der Waals surface area contributed by atoms with Crippen molar-refractivity contribution in [2.24, 2.45) is 0 Å². The number of ether oxygens (including phenoxy) is 9. The van der Waals surface area contributed by atoms with Crippen LogP contribution in [0.3, 0.4) is 0 Å².